The molecule has 0 aromatic heterocycles. The topological polar surface area (TPSA) is 154 Å². The molecule has 0 saturated carbocycles. The number of amides is 6. The maximum atomic E-state index is 13.8. The Labute approximate surface area is 293 Å². The van der Waals surface area contributed by atoms with E-state index in [-0.39, 0.29) is 35.3 Å². The van der Waals surface area contributed by atoms with Crippen LogP contribution in [0.2, 0.25) is 0 Å². The predicted molar refractivity (Wildman–Crippen MR) is 188 cm³/mol. The van der Waals surface area contributed by atoms with Crippen LogP contribution in [0.25, 0.3) is 0 Å². The van der Waals surface area contributed by atoms with Crippen LogP contribution < -0.4 is 16.0 Å². The molecule has 0 bridgehead atoms. The Bertz CT molecular complexity index is 1650. The number of nitrogens with one attached hydrogen (secondary N) is 3. The largest absolute Gasteiger partial charge is 0.444 e. The van der Waals surface area contributed by atoms with E-state index >= 15 is 0 Å². The lowest BCUT2D eigenvalue weighted by Gasteiger charge is -2.35. The van der Waals surface area contributed by atoms with Gasteiger partial charge in [0.25, 0.3) is 11.8 Å². The minimum Gasteiger partial charge on any atom is -0.444 e. The van der Waals surface area contributed by atoms with E-state index in [1.165, 1.54) is 5.56 Å². The van der Waals surface area contributed by atoms with Crippen molar-refractivity contribution in [2.45, 2.75) is 103 Å². The van der Waals surface area contributed by atoms with E-state index in [0.29, 0.717) is 37.7 Å². The Morgan fingerprint density at radius 1 is 0.920 bits per heavy atom. The maximum Gasteiger partial charge on any atom is 0.408 e. The molecule has 6 amide bonds. The van der Waals surface area contributed by atoms with E-state index in [9.17, 15) is 28.8 Å². The summed E-state index contributed by atoms with van der Waals surface area (Å²) in [4.78, 5) is 80.0. The number of imide groups is 2. The third-order valence-electron chi connectivity index (χ3n) is 9.51. The summed E-state index contributed by atoms with van der Waals surface area (Å²) in [6.07, 6.45) is 2.21. The summed E-state index contributed by atoms with van der Waals surface area (Å²) >= 11 is 0. The molecule has 3 aliphatic rings. The normalized spacial score (nSPS) is 19.2. The number of ether oxygens (including phenoxy) is 1. The second-order valence-electron chi connectivity index (χ2n) is 15.5. The first-order valence-electron chi connectivity index (χ1n) is 17.5. The molecule has 2 atom stereocenters. The van der Waals surface area contributed by atoms with E-state index < -0.39 is 47.4 Å². The van der Waals surface area contributed by atoms with Crippen LogP contribution in [0.15, 0.2) is 42.5 Å². The molecule has 0 aliphatic carbocycles. The molecule has 5 rings (SSSR count). The van der Waals surface area contributed by atoms with Crippen LogP contribution in [0, 0.1) is 5.92 Å². The van der Waals surface area contributed by atoms with Crippen LogP contribution in [-0.2, 0) is 31.0 Å². The van der Waals surface area contributed by atoms with E-state index in [0.717, 1.165) is 29.7 Å². The monoisotopic (exact) mass is 687 g/mol. The van der Waals surface area contributed by atoms with Gasteiger partial charge in [-0.1, -0.05) is 51.1 Å². The molecule has 2 fully saturated rings. The summed E-state index contributed by atoms with van der Waals surface area (Å²) in [5.74, 6) is -1.97. The van der Waals surface area contributed by atoms with Crippen LogP contribution in [0.3, 0.4) is 0 Å². The van der Waals surface area contributed by atoms with Gasteiger partial charge < -0.3 is 20.3 Å². The van der Waals surface area contributed by atoms with Gasteiger partial charge in [-0.2, -0.15) is 0 Å². The van der Waals surface area contributed by atoms with Gasteiger partial charge in [-0.05, 0) is 81.0 Å². The molecule has 0 radical (unpaired) electrons. The third-order valence-corrected chi connectivity index (χ3v) is 9.51. The van der Waals surface area contributed by atoms with Gasteiger partial charge in [0.2, 0.25) is 17.7 Å². The van der Waals surface area contributed by atoms with Gasteiger partial charge in [-0.25, -0.2) is 4.79 Å². The molecule has 2 unspecified atom stereocenters. The summed E-state index contributed by atoms with van der Waals surface area (Å²) in [7, 11) is 0. The van der Waals surface area contributed by atoms with E-state index in [4.69, 9.17) is 4.74 Å². The Hall–Kier alpha value is -4.74. The number of carbonyl (C=O) groups is 6. The number of hydrogen-bond donors (Lipinski definition) is 3. The second kappa shape index (κ2) is 14.6. The molecule has 268 valence electrons. The highest BCUT2D eigenvalue weighted by molar-refractivity contribution is 6.25. The lowest BCUT2D eigenvalue weighted by molar-refractivity contribution is -0.136. The van der Waals surface area contributed by atoms with Crippen LogP contribution in [-0.4, -0.2) is 82.7 Å². The quantitative estimate of drug-likeness (QED) is 0.324. The van der Waals surface area contributed by atoms with Crippen molar-refractivity contribution in [3.8, 4) is 0 Å². The molecule has 3 aliphatic heterocycles. The van der Waals surface area contributed by atoms with Crippen molar-refractivity contribution < 1.29 is 33.5 Å². The Kier molecular flexibility index (Phi) is 10.7. The average molecular weight is 688 g/mol. The zero-order valence-electron chi connectivity index (χ0n) is 29.9. The van der Waals surface area contributed by atoms with Crippen molar-refractivity contribution in [2.24, 2.45) is 5.92 Å². The molecule has 0 spiro atoms. The van der Waals surface area contributed by atoms with Crippen molar-refractivity contribution in [2.75, 3.05) is 25.0 Å². The molecule has 3 heterocycles. The van der Waals surface area contributed by atoms with Crippen molar-refractivity contribution >= 4 is 41.3 Å². The molecular weight excluding hydrogens is 638 g/mol. The number of rotatable bonds is 9. The minimum absolute atomic E-state index is 0.00111. The molecule has 2 aromatic carbocycles. The lowest BCUT2D eigenvalue weighted by Crippen LogP contribution is -2.54. The molecule has 12 nitrogen and oxygen atoms in total. The summed E-state index contributed by atoms with van der Waals surface area (Å²) in [5, 5.41) is 8.37. The average Bonchev–Trinajstić information content (AvgIpc) is 3.29. The molecule has 3 N–H and O–H groups in total. The van der Waals surface area contributed by atoms with E-state index in [1.807, 2.05) is 17.0 Å². The highest BCUT2D eigenvalue weighted by atomic mass is 16.6. The Morgan fingerprint density at radius 3 is 2.22 bits per heavy atom. The fourth-order valence-corrected chi connectivity index (χ4v) is 6.76. The number of nitrogens with zero attached hydrogens (tertiary/aromatic N) is 2. The minimum atomic E-state index is -1.02. The summed E-state index contributed by atoms with van der Waals surface area (Å²) in [5.41, 5.74) is 2.42. The summed E-state index contributed by atoms with van der Waals surface area (Å²) < 4.78 is 5.49. The standard InChI is InChI=1S/C38H49N5O7/c1-37(2,3)25-12-10-24(11-13-25)22-28(40-36(49)50-38(4,5)6)34(47)42-20-17-23(18-21-42)16-19-39-27-9-7-8-26-31(27)35(48)43(33(26)46)29-14-15-30(44)41-32(29)45/h7-13,23,28-29,39H,14-22H2,1-6H3,(H,40,49)(H,41,44,45). The van der Waals surface area contributed by atoms with Crippen molar-refractivity contribution in [1.29, 1.82) is 0 Å². The summed E-state index contributed by atoms with van der Waals surface area (Å²) in [6.45, 7) is 13.4. The van der Waals surface area contributed by atoms with Gasteiger partial charge >= 0.3 is 6.09 Å². The van der Waals surface area contributed by atoms with Crippen molar-refractivity contribution in [3.05, 3.63) is 64.7 Å². The lowest BCUT2D eigenvalue weighted by atomic mass is 9.86. The number of piperidine rings is 2. The number of alkyl carbamates (subject to hydrolysis) is 1. The highest BCUT2D eigenvalue weighted by Crippen LogP contribution is 2.33. The highest BCUT2D eigenvalue weighted by Gasteiger charge is 2.45. The fraction of sp³-hybridized carbons (Fsp3) is 0.526. The maximum absolute atomic E-state index is 13.8. The van der Waals surface area contributed by atoms with Crippen molar-refractivity contribution in [3.63, 3.8) is 0 Å². The van der Waals surface area contributed by atoms with Gasteiger partial charge in [-0.15, -0.1) is 0 Å². The Balaban J connectivity index is 1.17. The zero-order chi connectivity index (χ0) is 36.4. The number of hydrogen-bond acceptors (Lipinski definition) is 8. The Morgan fingerprint density at radius 2 is 1.60 bits per heavy atom. The van der Waals surface area contributed by atoms with Gasteiger partial charge in [0.15, 0.2) is 0 Å². The van der Waals surface area contributed by atoms with Crippen LogP contribution in [0.4, 0.5) is 10.5 Å². The number of benzene rings is 2. The van der Waals surface area contributed by atoms with Gasteiger partial charge in [0.1, 0.15) is 17.7 Å². The van der Waals surface area contributed by atoms with Gasteiger partial charge in [-0.3, -0.25) is 34.2 Å². The zero-order valence-corrected chi connectivity index (χ0v) is 29.9. The van der Waals surface area contributed by atoms with Gasteiger partial charge in [0, 0.05) is 38.2 Å². The fourth-order valence-electron chi connectivity index (χ4n) is 6.76. The van der Waals surface area contributed by atoms with E-state index in [1.54, 1.807) is 39.0 Å². The van der Waals surface area contributed by atoms with Crippen LogP contribution in [0.5, 0.6) is 0 Å². The van der Waals surface area contributed by atoms with E-state index in [2.05, 4.69) is 48.9 Å². The summed E-state index contributed by atoms with van der Waals surface area (Å²) in [6, 6.07) is 11.4. The molecule has 2 saturated heterocycles. The van der Waals surface area contributed by atoms with Crippen molar-refractivity contribution in [1.82, 2.24) is 20.4 Å². The molecular formula is C38H49N5O7. The number of likely N-dealkylation sites (tertiary alicyclic amines) is 1. The molecule has 12 heteroatoms. The first-order chi connectivity index (χ1) is 23.5. The second-order valence-corrected chi connectivity index (χ2v) is 15.5. The smallest absolute Gasteiger partial charge is 0.408 e. The molecule has 50 heavy (non-hydrogen) atoms. The predicted octanol–water partition coefficient (Wildman–Crippen LogP) is 4.56. The number of fused-ring (bicyclic) bond motifs is 1. The SMILES string of the molecule is CC(C)(C)OC(=O)NC(Cc1ccc(C(C)(C)C)cc1)C(=O)N1CCC(CCNc2cccc3c2C(=O)N(C2CCC(=O)NC2=O)C3=O)CC1. The molecule has 2 aromatic rings. The first kappa shape index (κ1) is 36.5. The van der Waals surface area contributed by atoms with Crippen LogP contribution in [0.1, 0.15) is 105 Å². The number of anilines is 1. The number of carbonyl (C=O) groups excluding carboxylic acids is 6. The first-order valence-corrected chi connectivity index (χ1v) is 17.5. The van der Waals surface area contributed by atoms with Crippen LogP contribution >= 0.6 is 0 Å². The third kappa shape index (κ3) is 8.51. The van der Waals surface area contributed by atoms with Gasteiger partial charge in [0.05, 0.1) is 11.1 Å².